The summed E-state index contributed by atoms with van der Waals surface area (Å²) in [5.41, 5.74) is 1.53. The summed E-state index contributed by atoms with van der Waals surface area (Å²) in [4.78, 5) is 21.7. The fourth-order valence-electron chi connectivity index (χ4n) is 2.40. The maximum absolute atomic E-state index is 11.9. The molecule has 0 saturated carbocycles. The lowest BCUT2D eigenvalue weighted by atomic mass is 10.1. The highest BCUT2D eigenvalue weighted by molar-refractivity contribution is 5.16. The van der Waals surface area contributed by atoms with Crippen molar-refractivity contribution < 1.29 is 4.74 Å². The molecule has 1 N–H and O–H groups in total. The molecule has 19 heavy (non-hydrogen) atoms. The molecule has 1 aliphatic heterocycles. The van der Waals surface area contributed by atoms with Gasteiger partial charge in [-0.05, 0) is 27.2 Å². The first-order chi connectivity index (χ1) is 9.02. The van der Waals surface area contributed by atoms with Gasteiger partial charge in [0.2, 0.25) is 0 Å². The molecule has 0 spiro atoms. The van der Waals surface area contributed by atoms with E-state index in [1.54, 1.807) is 0 Å². The van der Waals surface area contributed by atoms with E-state index in [1.807, 2.05) is 13.8 Å². The van der Waals surface area contributed by atoms with E-state index < -0.39 is 0 Å². The van der Waals surface area contributed by atoms with Gasteiger partial charge in [-0.2, -0.15) is 0 Å². The van der Waals surface area contributed by atoms with Gasteiger partial charge in [-0.3, -0.25) is 9.69 Å². The lowest BCUT2D eigenvalue weighted by molar-refractivity contribution is -0.0444. The van der Waals surface area contributed by atoms with E-state index in [9.17, 15) is 4.79 Å². The quantitative estimate of drug-likeness (QED) is 0.898. The van der Waals surface area contributed by atoms with E-state index >= 15 is 0 Å². The van der Waals surface area contributed by atoms with Crippen molar-refractivity contribution >= 4 is 0 Å². The third-order valence-electron chi connectivity index (χ3n) is 3.74. The molecule has 5 nitrogen and oxygen atoms in total. The number of aryl methyl sites for hydroxylation is 1. The van der Waals surface area contributed by atoms with Crippen molar-refractivity contribution in [1.82, 2.24) is 14.9 Å². The van der Waals surface area contributed by atoms with Gasteiger partial charge in [0.25, 0.3) is 5.56 Å². The van der Waals surface area contributed by atoms with Crippen LogP contribution in [0.3, 0.4) is 0 Å². The first-order valence-corrected chi connectivity index (χ1v) is 6.98. The highest BCUT2D eigenvalue weighted by Crippen LogP contribution is 2.20. The first-order valence-electron chi connectivity index (χ1n) is 6.98. The Hall–Kier alpha value is -1.20. The summed E-state index contributed by atoms with van der Waals surface area (Å²) in [6, 6.07) is 0.481. The van der Waals surface area contributed by atoms with Crippen LogP contribution in [-0.2, 0) is 11.2 Å². The minimum absolute atomic E-state index is 0.0490. The fraction of sp³-hybridized carbons (Fsp3) is 0.714. The molecule has 0 bridgehead atoms. The van der Waals surface area contributed by atoms with Crippen LogP contribution in [0.1, 0.15) is 44.0 Å². The number of hydrogen-bond acceptors (Lipinski definition) is 4. The monoisotopic (exact) mass is 265 g/mol. The van der Waals surface area contributed by atoms with Crippen LogP contribution in [0.25, 0.3) is 0 Å². The molecular weight excluding hydrogens is 242 g/mol. The number of rotatable bonds is 3. The molecule has 1 aromatic rings. The van der Waals surface area contributed by atoms with Gasteiger partial charge < -0.3 is 9.72 Å². The molecule has 1 saturated heterocycles. The van der Waals surface area contributed by atoms with Crippen molar-refractivity contribution in [3.8, 4) is 0 Å². The van der Waals surface area contributed by atoms with Crippen molar-refractivity contribution in [3.05, 3.63) is 27.4 Å². The van der Waals surface area contributed by atoms with Crippen LogP contribution in [0.4, 0.5) is 0 Å². The van der Waals surface area contributed by atoms with Crippen molar-refractivity contribution in [2.75, 3.05) is 19.7 Å². The number of hydrogen-bond donors (Lipinski definition) is 1. The number of H-pyrrole nitrogens is 1. The third-order valence-corrected chi connectivity index (χ3v) is 3.74. The standard InChI is InChI=1S/C14H23N3O2/c1-5-11-10(4)14(18)16-13(15-11)12-8-17(9(2)3)6-7-19-12/h9,12H,5-8H2,1-4H3,(H,15,16,18). The first kappa shape index (κ1) is 14.2. The highest BCUT2D eigenvalue weighted by atomic mass is 16.5. The van der Waals surface area contributed by atoms with Gasteiger partial charge in [0.1, 0.15) is 11.9 Å². The maximum atomic E-state index is 11.9. The summed E-state index contributed by atoms with van der Waals surface area (Å²) < 4.78 is 5.76. The Balaban J connectivity index is 2.26. The van der Waals surface area contributed by atoms with E-state index in [0.717, 1.165) is 25.2 Å². The highest BCUT2D eigenvalue weighted by Gasteiger charge is 2.25. The van der Waals surface area contributed by atoms with Crippen LogP contribution >= 0.6 is 0 Å². The van der Waals surface area contributed by atoms with Crippen LogP contribution in [0.5, 0.6) is 0 Å². The second-order valence-electron chi connectivity index (χ2n) is 5.32. The SMILES string of the molecule is CCc1nc(C2CN(C(C)C)CCO2)[nH]c(=O)c1C. The molecule has 2 heterocycles. The van der Waals surface area contributed by atoms with Gasteiger partial charge in [-0.1, -0.05) is 6.92 Å². The number of aromatic nitrogens is 2. The topological polar surface area (TPSA) is 58.2 Å². The average molecular weight is 265 g/mol. The third kappa shape index (κ3) is 3.04. The minimum Gasteiger partial charge on any atom is -0.368 e. The maximum Gasteiger partial charge on any atom is 0.254 e. The minimum atomic E-state index is -0.130. The Bertz CT molecular complexity index is 496. The van der Waals surface area contributed by atoms with Crippen molar-refractivity contribution in [1.29, 1.82) is 0 Å². The second kappa shape index (κ2) is 5.84. The normalized spacial score (nSPS) is 21.0. The van der Waals surface area contributed by atoms with Gasteiger partial charge >= 0.3 is 0 Å². The zero-order valence-electron chi connectivity index (χ0n) is 12.2. The molecular formula is C14H23N3O2. The van der Waals surface area contributed by atoms with E-state index in [0.29, 0.717) is 24.0 Å². The molecule has 1 aromatic heterocycles. The molecule has 0 aliphatic carbocycles. The van der Waals surface area contributed by atoms with Crippen molar-refractivity contribution in [2.45, 2.75) is 46.3 Å². The molecule has 1 aliphatic rings. The van der Waals surface area contributed by atoms with Crippen LogP contribution < -0.4 is 5.56 Å². The summed E-state index contributed by atoms with van der Waals surface area (Å²) >= 11 is 0. The fourth-order valence-corrected chi connectivity index (χ4v) is 2.40. The lowest BCUT2D eigenvalue weighted by Crippen LogP contribution is -2.43. The molecule has 1 unspecified atom stereocenters. The zero-order valence-corrected chi connectivity index (χ0v) is 12.2. The number of ether oxygens (including phenoxy) is 1. The van der Waals surface area contributed by atoms with E-state index in [2.05, 4.69) is 28.7 Å². The number of aromatic amines is 1. The van der Waals surface area contributed by atoms with Crippen LogP contribution in [0.2, 0.25) is 0 Å². The van der Waals surface area contributed by atoms with Gasteiger partial charge in [0.15, 0.2) is 0 Å². The van der Waals surface area contributed by atoms with Crippen LogP contribution in [0, 0.1) is 6.92 Å². The molecule has 1 fully saturated rings. The molecule has 1 atom stereocenters. The Labute approximate surface area is 114 Å². The largest absolute Gasteiger partial charge is 0.368 e. The van der Waals surface area contributed by atoms with Crippen molar-refractivity contribution in [3.63, 3.8) is 0 Å². The smallest absolute Gasteiger partial charge is 0.254 e. The Morgan fingerprint density at radius 2 is 2.26 bits per heavy atom. The number of morpholine rings is 1. The van der Waals surface area contributed by atoms with Gasteiger partial charge in [0.05, 0.1) is 12.3 Å². The Morgan fingerprint density at radius 3 is 2.89 bits per heavy atom. The van der Waals surface area contributed by atoms with E-state index in [-0.39, 0.29) is 11.7 Å². The summed E-state index contributed by atoms with van der Waals surface area (Å²) in [5, 5.41) is 0. The van der Waals surface area contributed by atoms with Crippen LogP contribution in [-0.4, -0.2) is 40.6 Å². The van der Waals surface area contributed by atoms with E-state index in [4.69, 9.17) is 4.74 Å². The zero-order chi connectivity index (χ0) is 14.0. The lowest BCUT2D eigenvalue weighted by Gasteiger charge is -2.35. The molecule has 0 radical (unpaired) electrons. The molecule has 106 valence electrons. The summed E-state index contributed by atoms with van der Waals surface area (Å²) in [6.45, 7) is 10.6. The average Bonchev–Trinajstić information content (AvgIpc) is 2.41. The molecule has 5 heteroatoms. The molecule has 0 amide bonds. The number of nitrogens with one attached hydrogen (secondary N) is 1. The van der Waals surface area contributed by atoms with Gasteiger partial charge in [0, 0.05) is 24.7 Å². The molecule has 2 rings (SSSR count). The summed E-state index contributed by atoms with van der Waals surface area (Å²) in [6.07, 6.45) is 0.637. The van der Waals surface area contributed by atoms with E-state index in [1.165, 1.54) is 0 Å². The number of nitrogens with zero attached hydrogens (tertiary/aromatic N) is 2. The molecule has 0 aromatic carbocycles. The predicted octanol–water partition coefficient (Wildman–Crippen LogP) is 1.42. The van der Waals surface area contributed by atoms with Gasteiger partial charge in [-0.25, -0.2) is 4.98 Å². The summed E-state index contributed by atoms with van der Waals surface area (Å²) in [5.74, 6) is 0.665. The Kier molecular flexibility index (Phi) is 4.37. The van der Waals surface area contributed by atoms with Crippen LogP contribution in [0.15, 0.2) is 4.79 Å². The predicted molar refractivity (Wildman–Crippen MR) is 74.4 cm³/mol. The van der Waals surface area contributed by atoms with Crippen molar-refractivity contribution in [2.24, 2.45) is 0 Å². The second-order valence-corrected chi connectivity index (χ2v) is 5.32. The summed E-state index contributed by atoms with van der Waals surface area (Å²) in [7, 11) is 0. The Morgan fingerprint density at radius 1 is 1.53 bits per heavy atom. The van der Waals surface area contributed by atoms with Gasteiger partial charge in [-0.15, -0.1) is 0 Å².